The van der Waals surface area contributed by atoms with Crippen LogP contribution < -0.4 is 11.1 Å². The maximum absolute atomic E-state index is 12.4. The highest BCUT2D eigenvalue weighted by atomic mass is 16.1. The summed E-state index contributed by atoms with van der Waals surface area (Å²) in [4.78, 5) is 23.0. The maximum atomic E-state index is 12.4. The van der Waals surface area contributed by atoms with E-state index >= 15 is 0 Å². The summed E-state index contributed by atoms with van der Waals surface area (Å²) < 4.78 is 0. The lowest BCUT2D eigenvalue weighted by molar-refractivity contribution is -0.120. The second-order valence-electron chi connectivity index (χ2n) is 6.75. The number of nitrogens with two attached hydrogens (primary N) is 1. The van der Waals surface area contributed by atoms with E-state index in [0.29, 0.717) is 12.6 Å². The molecule has 2 aromatic rings. The van der Waals surface area contributed by atoms with Gasteiger partial charge in [-0.15, -0.1) is 0 Å². The number of benzene rings is 1. The van der Waals surface area contributed by atoms with Crippen molar-refractivity contribution in [1.29, 1.82) is 0 Å². The van der Waals surface area contributed by atoms with Gasteiger partial charge in [0.05, 0.1) is 6.42 Å². The molecule has 6 nitrogen and oxygen atoms in total. The summed E-state index contributed by atoms with van der Waals surface area (Å²) in [7, 11) is 2.11. The summed E-state index contributed by atoms with van der Waals surface area (Å²) in [5.41, 5.74) is 10.8. The van der Waals surface area contributed by atoms with Gasteiger partial charge in [0.1, 0.15) is 0 Å². The van der Waals surface area contributed by atoms with Crippen molar-refractivity contribution in [2.24, 2.45) is 0 Å². The van der Waals surface area contributed by atoms with Crippen LogP contribution in [-0.2, 0) is 24.2 Å². The van der Waals surface area contributed by atoms with Gasteiger partial charge in [0.2, 0.25) is 11.9 Å². The summed E-state index contributed by atoms with van der Waals surface area (Å²) in [6.07, 6.45) is 1.24. The van der Waals surface area contributed by atoms with E-state index in [0.717, 1.165) is 29.9 Å². The van der Waals surface area contributed by atoms with Crippen molar-refractivity contribution in [3.8, 4) is 0 Å². The van der Waals surface area contributed by atoms with Gasteiger partial charge in [-0.2, -0.15) is 0 Å². The number of aromatic nitrogens is 2. The first-order chi connectivity index (χ1) is 11.9. The number of nitrogens with zero attached hydrogens (tertiary/aromatic N) is 3. The van der Waals surface area contributed by atoms with Crippen molar-refractivity contribution in [3.63, 3.8) is 0 Å². The number of aryl methyl sites for hydroxylation is 2. The predicted octanol–water partition coefficient (Wildman–Crippen LogP) is 1.39. The molecule has 0 spiro atoms. The molecule has 0 radical (unpaired) electrons. The van der Waals surface area contributed by atoms with Crippen molar-refractivity contribution in [1.82, 2.24) is 20.2 Å². The molecule has 1 aromatic carbocycles. The van der Waals surface area contributed by atoms with Gasteiger partial charge in [-0.25, -0.2) is 9.97 Å². The number of nitrogens with one attached hydrogen (secondary N) is 1. The number of hydrogen-bond donors (Lipinski definition) is 2. The maximum Gasteiger partial charge on any atom is 0.224 e. The zero-order valence-electron chi connectivity index (χ0n) is 15.0. The summed E-state index contributed by atoms with van der Waals surface area (Å²) in [6.45, 7) is 5.28. The zero-order chi connectivity index (χ0) is 18.0. The first kappa shape index (κ1) is 17.4. The van der Waals surface area contributed by atoms with E-state index in [2.05, 4.69) is 51.5 Å². The third-order valence-electron chi connectivity index (χ3n) is 4.93. The molecule has 0 saturated carbocycles. The molecule has 1 aliphatic heterocycles. The first-order valence-corrected chi connectivity index (χ1v) is 8.57. The molecule has 3 N–H and O–H groups in total. The van der Waals surface area contributed by atoms with Crippen LogP contribution in [0.1, 0.15) is 28.1 Å². The number of anilines is 1. The number of fused-ring (bicyclic) bond motifs is 1. The summed E-state index contributed by atoms with van der Waals surface area (Å²) in [5, 5.41) is 3.06. The number of rotatable bonds is 4. The highest BCUT2D eigenvalue weighted by Gasteiger charge is 2.23. The Balaban J connectivity index is 1.60. The van der Waals surface area contributed by atoms with E-state index in [1.807, 2.05) is 13.8 Å². The third-order valence-corrected chi connectivity index (χ3v) is 4.93. The van der Waals surface area contributed by atoms with Crippen LogP contribution >= 0.6 is 0 Å². The molecule has 1 amide bonds. The molecule has 6 heteroatoms. The highest BCUT2D eigenvalue weighted by molar-refractivity contribution is 5.79. The molecule has 0 saturated heterocycles. The van der Waals surface area contributed by atoms with Crippen LogP contribution in [-0.4, -0.2) is 40.4 Å². The Bertz CT molecular complexity index is 766. The molecule has 0 fully saturated rings. The number of hydrogen-bond acceptors (Lipinski definition) is 5. The van der Waals surface area contributed by atoms with Crippen molar-refractivity contribution >= 4 is 11.9 Å². The van der Waals surface area contributed by atoms with Crippen LogP contribution in [0.5, 0.6) is 0 Å². The van der Waals surface area contributed by atoms with Gasteiger partial charge >= 0.3 is 0 Å². The highest BCUT2D eigenvalue weighted by Crippen LogP contribution is 2.21. The smallest absolute Gasteiger partial charge is 0.224 e. The first-order valence-electron chi connectivity index (χ1n) is 8.57. The van der Waals surface area contributed by atoms with Gasteiger partial charge in [0, 0.05) is 36.1 Å². The van der Waals surface area contributed by atoms with E-state index in [1.54, 1.807) is 0 Å². The number of carbonyl (C=O) groups excluding carboxylic acids is 1. The lowest BCUT2D eigenvalue weighted by Crippen LogP contribution is -2.45. The average Bonchev–Trinajstić information content (AvgIpc) is 2.56. The molecule has 25 heavy (non-hydrogen) atoms. The van der Waals surface area contributed by atoms with Crippen LogP contribution in [0, 0.1) is 13.8 Å². The second kappa shape index (κ2) is 7.19. The van der Waals surface area contributed by atoms with Crippen molar-refractivity contribution < 1.29 is 4.79 Å². The Morgan fingerprint density at radius 3 is 2.56 bits per heavy atom. The van der Waals surface area contributed by atoms with Crippen LogP contribution in [0.4, 0.5) is 5.95 Å². The molecular weight excluding hydrogens is 314 g/mol. The number of amides is 1. The minimum absolute atomic E-state index is 0.00756. The molecule has 0 unspecified atom stereocenters. The van der Waals surface area contributed by atoms with Gasteiger partial charge in [-0.3, -0.25) is 9.69 Å². The minimum Gasteiger partial charge on any atom is -0.368 e. The number of likely N-dealkylation sites (N-methyl/N-ethyl adjacent to an activating group) is 1. The van der Waals surface area contributed by atoms with E-state index in [9.17, 15) is 4.79 Å². The molecule has 1 atom stereocenters. The Kier molecular flexibility index (Phi) is 4.99. The monoisotopic (exact) mass is 339 g/mol. The molecule has 132 valence electrons. The Morgan fingerprint density at radius 1 is 1.24 bits per heavy atom. The normalized spacial score (nSPS) is 17.2. The fraction of sp³-hybridized carbons (Fsp3) is 0.421. The summed E-state index contributed by atoms with van der Waals surface area (Å²) in [6, 6.07) is 8.81. The summed E-state index contributed by atoms with van der Waals surface area (Å²) >= 11 is 0. The quantitative estimate of drug-likeness (QED) is 0.879. The largest absolute Gasteiger partial charge is 0.368 e. The fourth-order valence-electron chi connectivity index (χ4n) is 3.42. The Morgan fingerprint density at radius 2 is 1.88 bits per heavy atom. The van der Waals surface area contributed by atoms with Gasteiger partial charge in [0.25, 0.3) is 0 Å². The van der Waals surface area contributed by atoms with Crippen LogP contribution in [0.3, 0.4) is 0 Å². The fourth-order valence-corrected chi connectivity index (χ4v) is 3.42. The van der Waals surface area contributed by atoms with Crippen molar-refractivity contribution in [2.75, 3.05) is 19.3 Å². The van der Waals surface area contributed by atoms with E-state index < -0.39 is 0 Å². The van der Waals surface area contributed by atoms with Crippen LogP contribution in [0.25, 0.3) is 0 Å². The SMILES string of the molecule is Cc1nc(N)nc(C)c1CC(=O)NC[C@@H]1Cc2ccccc2CN1C. The molecule has 0 bridgehead atoms. The van der Waals surface area contributed by atoms with Gasteiger partial charge in [-0.05, 0) is 38.4 Å². The number of nitrogen functional groups attached to an aromatic ring is 1. The topological polar surface area (TPSA) is 84.1 Å². The van der Waals surface area contributed by atoms with Gasteiger partial charge in [-0.1, -0.05) is 24.3 Å². The van der Waals surface area contributed by atoms with Gasteiger partial charge < -0.3 is 11.1 Å². The Labute approximate surface area is 148 Å². The molecule has 1 aromatic heterocycles. The van der Waals surface area contributed by atoms with Crippen molar-refractivity contribution in [2.45, 2.75) is 39.3 Å². The Hall–Kier alpha value is -2.47. The average molecular weight is 339 g/mol. The lowest BCUT2D eigenvalue weighted by Gasteiger charge is -2.34. The minimum atomic E-state index is -0.00756. The summed E-state index contributed by atoms with van der Waals surface area (Å²) in [5.74, 6) is 0.244. The van der Waals surface area contributed by atoms with Crippen LogP contribution in [0.15, 0.2) is 24.3 Å². The lowest BCUT2D eigenvalue weighted by atomic mass is 9.94. The van der Waals surface area contributed by atoms with Crippen LogP contribution in [0.2, 0.25) is 0 Å². The third kappa shape index (κ3) is 3.96. The van der Waals surface area contributed by atoms with Gasteiger partial charge in [0.15, 0.2) is 0 Å². The zero-order valence-corrected chi connectivity index (χ0v) is 15.0. The molecule has 3 rings (SSSR count). The standard InChI is InChI=1S/C19H25N5O/c1-12-17(13(2)23-19(20)22-12)9-18(25)21-10-16-8-14-6-4-5-7-15(14)11-24(16)3/h4-7,16H,8-11H2,1-3H3,(H,21,25)(H2,20,22,23)/t16-/m0/s1. The van der Waals surface area contributed by atoms with E-state index in [1.165, 1.54) is 11.1 Å². The second-order valence-corrected chi connectivity index (χ2v) is 6.75. The van der Waals surface area contributed by atoms with Crippen molar-refractivity contribution in [3.05, 3.63) is 52.3 Å². The molecule has 2 heterocycles. The van der Waals surface area contributed by atoms with E-state index in [4.69, 9.17) is 5.73 Å². The predicted molar refractivity (Wildman–Crippen MR) is 98.0 cm³/mol. The molecule has 1 aliphatic rings. The molecular formula is C19H25N5O. The molecule has 0 aliphatic carbocycles. The number of carbonyl (C=O) groups is 1. The van der Waals surface area contributed by atoms with E-state index in [-0.39, 0.29) is 18.3 Å².